The van der Waals surface area contributed by atoms with Crippen LogP contribution in [0.2, 0.25) is 0 Å². The van der Waals surface area contributed by atoms with Gasteiger partial charge in [0.25, 0.3) is 10.0 Å². The Morgan fingerprint density at radius 2 is 1.53 bits per heavy atom. The predicted octanol–water partition coefficient (Wildman–Crippen LogP) is 5.45. The van der Waals surface area contributed by atoms with E-state index in [-0.39, 0.29) is 35.2 Å². The van der Waals surface area contributed by atoms with Gasteiger partial charge in [-0.15, -0.1) is 0 Å². The minimum atomic E-state index is -4.35. The number of nitrogens with one attached hydrogen (secondary N) is 1. The molecule has 0 radical (unpaired) electrons. The average molecular weight is 725 g/mol. The number of rotatable bonds is 15. The summed E-state index contributed by atoms with van der Waals surface area (Å²) in [4.78, 5) is 29.3. The molecule has 0 saturated heterocycles. The van der Waals surface area contributed by atoms with Gasteiger partial charge in [0, 0.05) is 30.6 Å². The number of amides is 2. The van der Waals surface area contributed by atoms with Crippen molar-refractivity contribution in [3.05, 3.63) is 113 Å². The van der Waals surface area contributed by atoms with E-state index in [1.54, 1.807) is 24.3 Å². The van der Waals surface area contributed by atoms with Crippen LogP contribution in [0.1, 0.15) is 18.1 Å². The van der Waals surface area contributed by atoms with E-state index in [1.165, 1.54) is 44.4 Å². The van der Waals surface area contributed by atoms with Gasteiger partial charge in [0.1, 0.15) is 18.3 Å². The highest BCUT2D eigenvalue weighted by Gasteiger charge is 2.34. The number of ether oxygens (including phenoxy) is 3. The molecule has 0 heterocycles. The van der Waals surface area contributed by atoms with Gasteiger partial charge in [0.2, 0.25) is 11.8 Å². The smallest absolute Gasteiger partial charge is 0.264 e. The number of hydrogen-bond acceptors (Lipinski definition) is 7. The fourth-order valence-corrected chi connectivity index (χ4v) is 6.94. The third-order valence-electron chi connectivity index (χ3n) is 7.42. The summed E-state index contributed by atoms with van der Waals surface area (Å²) in [7, 11) is 0.0195. The van der Waals surface area contributed by atoms with E-state index in [4.69, 9.17) is 14.2 Å². The first-order valence-electron chi connectivity index (χ1n) is 14.9. The number of likely N-dealkylation sites (N-methyl/N-ethyl adjacent to an activating group) is 1. The lowest BCUT2D eigenvalue weighted by molar-refractivity contribution is -0.139. The second-order valence-electron chi connectivity index (χ2n) is 10.4. The molecule has 0 aliphatic heterocycles. The lowest BCUT2D eigenvalue weighted by Gasteiger charge is -2.33. The molecular weight excluding hydrogens is 686 g/mol. The van der Waals surface area contributed by atoms with E-state index in [2.05, 4.69) is 21.2 Å². The zero-order chi connectivity index (χ0) is 34.0. The average Bonchev–Trinajstić information content (AvgIpc) is 3.08. The normalized spacial score (nSPS) is 11.7. The van der Waals surface area contributed by atoms with Crippen LogP contribution >= 0.6 is 15.9 Å². The van der Waals surface area contributed by atoms with Gasteiger partial charge in [-0.05, 0) is 66.6 Å². The number of nitrogens with zero attached hydrogens (tertiary/aromatic N) is 2. The number of carbonyl (C=O) groups excluding carboxylic acids is 2. The first kappa shape index (κ1) is 35.3. The largest absolute Gasteiger partial charge is 0.494 e. The first-order chi connectivity index (χ1) is 22.6. The highest BCUT2D eigenvalue weighted by molar-refractivity contribution is 9.10. The zero-order valence-corrected chi connectivity index (χ0v) is 29.1. The van der Waals surface area contributed by atoms with Gasteiger partial charge < -0.3 is 24.4 Å². The number of carbonyl (C=O) groups is 2. The SMILES string of the molecule is CCOc1ccc(N(CC(=O)N(Cc2cccc(Br)c2)C(Cc2ccccc2)C(=O)NC)S(=O)(=O)c2ccc(OC)c(OC)c2)cc1. The molecular formula is C35H38BrN3O7S. The van der Waals surface area contributed by atoms with Crippen molar-refractivity contribution < 1.29 is 32.2 Å². The maximum Gasteiger partial charge on any atom is 0.264 e. The van der Waals surface area contributed by atoms with Crippen molar-refractivity contribution in [3.63, 3.8) is 0 Å². The molecule has 1 atom stereocenters. The van der Waals surface area contributed by atoms with Gasteiger partial charge >= 0.3 is 0 Å². The van der Waals surface area contributed by atoms with Gasteiger partial charge in [-0.3, -0.25) is 13.9 Å². The minimum absolute atomic E-state index is 0.0523. The summed E-state index contributed by atoms with van der Waals surface area (Å²) in [5.41, 5.74) is 1.83. The summed E-state index contributed by atoms with van der Waals surface area (Å²) in [5.74, 6) is 0.153. The van der Waals surface area contributed by atoms with E-state index >= 15 is 0 Å². The van der Waals surface area contributed by atoms with Crippen molar-refractivity contribution in [2.45, 2.75) is 30.8 Å². The standard InChI is InChI=1S/C35H38BrN3O7S/c1-5-46-29-16-14-28(15-17-29)39(47(42,43)30-18-19-32(44-3)33(22-30)45-4)24-34(40)38(23-26-12-9-13-27(36)20-26)31(35(41)37-2)21-25-10-7-6-8-11-25/h6-20,22,31H,5,21,23-24H2,1-4H3,(H,37,41). The molecule has 0 fully saturated rings. The molecule has 248 valence electrons. The number of sulfonamides is 1. The Bertz CT molecular complexity index is 1770. The summed E-state index contributed by atoms with van der Waals surface area (Å²) in [5, 5.41) is 2.69. The Labute approximate surface area is 284 Å². The fraction of sp³-hybridized carbons (Fsp3) is 0.257. The Hall–Kier alpha value is -4.55. The molecule has 4 aromatic rings. The van der Waals surface area contributed by atoms with E-state index in [9.17, 15) is 18.0 Å². The van der Waals surface area contributed by atoms with Crippen molar-refractivity contribution in [1.82, 2.24) is 10.2 Å². The number of methoxy groups -OCH3 is 2. The van der Waals surface area contributed by atoms with Gasteiger partial charge in [0.05, 0.1) is 31.4 Å². The Kier molecular flexibility index (Phi) is 12.3. The minimum Gasteiger partial charge on any atom is -0.494 e. The fourth-order valence-electron chi connectivity index (χ4n) is 5.06. The van der Waals surface area contributed by atoms with Crippen LogP contribution in [0.3, 0.4) is 0 Å². The summed E-state index contributed by atoms with van der Waals surface area (Å²) in [6.45, 7) is 1.73. The molecule has 4 aromatic carbocycles. The Balaban J connectivity index is 1.82. The topological polar surface area (TPSA) is 114 Å². The molecule has 1 N–H and O–H groups in total. The van der Waals surface area contributed by atoms with Gasteiger partial charge in [-0.25, -0.2) is 8.42 Å². The quantitative estimate of drug-likeness (QED) is 0.174. The third-order valence-corrected chi connectivity index (χ3v) is 9.68. The van der Waals surface area contributed by atoms with E-state index < -0.39 is 28.5 Å². The highest BCUT2D eigenvalue weighted by Crippen LogP contribution is 2.33. The van der Waals surface area contributed by atoms with Crippen LogP contribution in [-0.2, 0) is 32.6 Å². The maximum atomic E-state index is 14.5. The molecule has 1 unspecified atom stereocenters. The van der Waals surface area contributed by atoms with Crippen LogP contribution in [0.4, 0.5) is 5.69 Å². The second-order valence-corrected chi connectivity index (χ2v) is 13.2. The molecule has 0 aromatic heterocycles. The molecule has 0 aliphatic rings. The van der Waals surface area contributed by atoms with E-state index in [0.717, 1.165) is 19.9 Å². The molecule has 47 heavy (non-hydrogen) atoms. The zero-order valence-electron chi connectivity index (χ0n) is 26.7. The number of benzene rings is 4. The van der Waals surface area contributed by atoms with Crippen molar-refractivity contribution in [3.8, 4) is 17.2 Å². The number of hydrogen-bond donors (Lipinski definition) is 1. The van der Waals surface area contributed by atoms with Crippen molar-refractivity contribution >= 4 is 43.5 Å². The van der Waals surface area contributed by atoms with Gasteiger partial charge in [-0.1, -0.05) is 58.4 Å². The Morgan fingerprint density at radius 3 is 2.15 bits per heavy atom. The molecule has 10 nitrogen and oxygen atoms in total. The van der Waals surface area contributed by atoms with E-state index in [1.807, 2.05) is 61.5 Å². The molecule has 0 aliphatic carbocycles. The highest BCUT2D eigenvalue weighted by atomic mass is 79.9. The summed E-state index contributed by atoms with van der Waals surface area (Å²) < 4.78 is 46.8. The van der Waals surface area contributed by atoms with Gasteiger partial charge in [-0.2, -0.15) is 0 Å². The van der Waals surface area contributed by atoms with Crippen LogP contribution in [0.15, 0.2) is 106 Å². The van der Waals surface area contributed by atoms with Crippen LogP contribution in [0, 0.1) is 0 Å². The molecule has 0 saturated carbocycles. The lowest BCUT2D eigenvalue weighted by Crippen LogP contribution is -2.53. The molecule has 12 heteroatoms. The summed E-state index contributed by atoms with van der Waals surface area (Å²) in [6, 6.07) is 26.5. The maximum absolute atomic E-state index is 14.5. The first-order valence-corrected chi connectivity index (χ1v) is 17.1. The summed E-state index contributed by atoms with van der Waals surface area (Å²) in [6.07, 6.45) is 0.214. The monoisotopic (exact) mass is 723 g/mol. The van der Waals surface area contributed by atoms with Crippen LogP contribution < -0.4 is 23.8 Å². The molecule has 0 spiro atoms. The number of anilines is 1. The van der Waals surface area contributed by atoms with Crippen LogP contribution in [0.25, 0.3) is 0 Å². The molecule has 2 amide bonds. The van der Waals surface area contributed by atoms with E-state index in [0.29, 0.717) is 18.1 Å². The second kappa shape index (κ2) is 16.3. The Morgan fingerprint density at radius 1 is 0.851 bits per heavy atom. The molecule has 0 bridgehead atoms. The molecule has 4 rings (SSSR count). The number of halogens is 1. The van der Waals surface area contributed by atoms with Crippen molar-refractivity contribution in [2.24, 2.45) is 0 Å². The van der Waals surface area contributed by atoms with Crippen molar-refractivity contribution in [1.29, 1.82) is 0 Å². The van der Waals surface area contributed by atoms with Crippen molar-refractivity contribution in [2.75, 3.05) is 38.7 Å². The van der Waals surface area contributed by atoms with Crippen LogP contribution in [-0.4, -0.2) is 65.6 Å². The third kappa shape index (κ3) is 8.83. The van der Waals surface area contributed by atoms with Gasteiger partial charge in [0.15, 0.2) is 11.5 Å². The summed E-state index contributed by atoms with van der Waals surface area (Å²) >= 11 is 3.48. The predicted molar refractivity (Wildman–Crippen MR) is 184 cm³/mol. The lowest BCUT2D eigenvalue weighted by atomic mass is 10.0. The van der Waals surface area contributed by atoms with Crippen LogP contribution in [0.5, 0.6) is 17.2 Å².